The number of para-hydroxylation sites is 1. The van der Waals surface area contributed by atoms with Crippen molar-refractivity contribution in [3.05, 3.63) is 65.9 Å². The van der Waals surface area contributed by atoms with Gasteiger partial charge in [0.1, 0.15) is 11.8 Å². The second kappa shape index (κ2) is 10.6. The molecule has 0 aliphatic carbocycles. The molecule has 4 N–H and O–H groups in total. The molecule has 2 amide bonds. The van der Waals surface area contributed by atoms with Gasteiger partial charge in [0.05, 0.1) is 19.3 Å². The van der Waals surface area contributed by atoms with Gasteiger partial charge in [-0.1, -0.05) is 30.3 Å². The number of carbonyl (C=O) groups excluding carboxylic acids is 2. The van der Waals surface area contributed by atoms with Crippen LogP contribution in [0.5, 0.6) is 0 Å². The summed E-state index contributed by atoms with van der Waals surface area (Å²) < 4.78 is 15.4. The van der Waals surface area contributed by atoms with Gasteiger partial charge in [0.15, 0.2) is 0 Å². The van der Waals surface area contributed by atoms with Gasteiger partial charge in [0.2, 0.25) is 5.91 Å². The normalized spacial score (nSPS) is 11.7. The lowest BCUT2D eigenvalue weighted by molar-refractivity contribution is -0.123. The first-order chi connectivity index (χ1) is 14.9. The molecule has 0 radical (unpaired) electrons. The Kier molecular flexibility index (Phi) is 7.66. The summed E-state index contributed by atoms with van der Waals surface area (Å²) in [6.45, 7) is 1.95. The quantitative estimate of drug-likeness (QED) is 0.305. The van der Waals surface area contributed by atoms with E-state index in [4.69, 9.17) is 13.8 Å². The number of amides is 2. The zero-order valence-corrected chi connectivity index (χ0v) is 16.9. The summed E-state index contributed by atoms with van der Waals surface area (Å²) >= 11 is 0. The van der Waals surface area contributed by atoms with E-state index in [1.54, 1.807) is 37.5 Å². The van der Waals surface area contributed by atoms with Crippen LogP contribution in [0.15, 0.2) is 59.2 Å². The first-order valence-electron chi connectivity index (χ1n) is 9.73. The molecule has 0 unspecified atom stereocenters. The van der Waals surface area contributed by atoms with E-state index in [1.807, 2.05) is 24.3 Å². The third-order valence-electron chi connectivity index (χ3n) is 4.39. The molecule has 0 saturated carbocycles. The summed E-state index contributed by atoms with van der Waals surface area (Å²) in [5.74, 6) is -0.397. The summed E-state index contributed by atoms with van der Waals surface area (Å²) in [4.78, 5) is 24.1. The topological polar surface area (TPSA) is 130 Å². The van der Waals surface area contributed by atoms with Crippen LogP contribution >= 0.6 is 0 Å². The highest BCUT2D eigenvalue weighted by Gasteiger charge is 2.22. The largest absolute Gasteiger partial charge is 0.635 e. The van der Waals surface area contributed by atoms with Crippen molar-refractivity contribution in [2.75, 3.05) is 11.9 Å². The van der Waals surface area contributed by atoms with Gasteiger partial charge in [-0.15, -0.1) is 0 Å². The average molecular weight is 426 g/mol. The lowest BCUT2D eigenvalue weighted by Gasteiger charge is -2.19. The Morgan fingerprint density at radius 1 is 1.16 bits per heavy atom. The summed E-state index contributed by atoms with van der Waals surface area (Å²) in [6.07, 6.45) is 0.134. The number of nitrogens with one attached hydrogen (secondary N) is 2. The van der Waals surface area contributed by atoms with Gasteiger partial charge in [0.25, 0.3) is 0 Å². The maximum atomic E-state index is 12.5. The molecule has 9 nitrogen and oxygen atoms in total. The van der Waals surface area contributed by atoms with Crippen LogP contribution < -0.4 is 10.6 Å². The number of hydrogen-bond donors (Lipinski definition) is 4. The van der Waals surface area contributed by atoms with Crippen molar-refractivity contribution in [3.8, 4) is 0 Å². The number of carbonyl (C=O) groups is 2. The predicted molar refractivity (Wildman–Crippen MR) is 114 cm³/mol. The summed E-state index contributed by atoms with van der Waals surface area (Å²) in [6, 6.07) is 14.1. The highest BCUT2D eigenvalue weighted by molar-refractivity contribution is 6.32. The highest BCUT2D eigenvalue weighted by atomic mass is 16.6. The minimum atomic E-state index is -2.06. The van der Waals surface area contributed by atoms with E-state index in [2.05, 4.69) is 10.6 Å². The maximum Gasteiger partial charge on any atom is 0.635 e. The van der Waals surface area contributed by atoms with E-state index in [1.165, 1.54) is 0 Å². The number of ether oxygens (including phenoxy) is 1. The third kappa shape index (κ3) is 6.58. The van der Waals surface area contributed by atoms with Gasteiger partial charge in [-0.3, -0.25) is 10.1 Å². The summed E-state index contributed by atoms with van der Waals surface area (Å²) in [5.41, 5.74) is 2.57. The molecule has 0 fully saturated rings. The van der Waals surface area contributed by atoms with Gasteiger partial charge in [-0.2, -0.15) is 0 Å². The minimum Gasteiger partial charge on any atom is -0.464 e. The van der Waals surface area contributed by atoms with Crippen LogP contribution in [0.2, 0.25) is 0 Å². The molecule has 0 spiro atoms. The molecular weight excluding hydrogens is 403 g/mol. The van der Waals surface area contributed by atoms with Crippen LogP contribution in [0.1, 0.15) is 18.1 Å². The fraction of sp³-hybridized carbons (Fsp3) is 0.238. The fourth-order valence-corrected chi connectivity index (χ4v) is 3.13. The van der Waals surface area contributed by atoms with Crippen molar-refractivity contribution in [1.29, 1.82) is 0 Å². The lowest BCUT2D eigenvalue weighted by atomic mass is 10.1. The number of benzene rings is 2. The van der Waals surface area contributed by atoms with Gasteiger partial charge < -0.3 is 29.2 Å². The first kappa shape index (κ1) is 22.4. The smallest absolute Gasteiger partial charge is 0.464 e. The molecule has 0 saturated heterocycles. The minimum absolute atomic E-state index is 0.00807. The second-order valence-corrected chi connectivity index (χ2v) is 6.70. The lowest BCUT2D eigenvalue weighted by Crippen LogP contribution is -2.43. The zero-order valence-electron chi connectivity index (χ0n) is 16.9. The van der Waals surface area contributed by atoms with Gasteiger partial charge in [-0.05, 0) is 30.7 Å². The Bertz CT molecular complexity index is 1040. The van der Waals surface area contributed by atoms with Crippen LogP contribution in [0.25, 0.3) is 11.0 Å². The van der Waals surface area contributed by atoms with Gasteiger partial charge in [-0.25, -0.2) is 4.79 Å². The average Bonchev–Trinajstić information content (AvgIpc) is 3.10. The van der Waals surface area contributed by atoms with E-state index in [0.29, 0.717) is 16.8 Å². The number of furan rings is 1. The van der Waals surface area contributed by atoms with E-state index in [9.17, 15) is 19.6 Å². The van der Waals surface area contributed by atoms with E-state index in [0.717, 1.165) is 10.9 Å². The van der Waals surface area contributed by atoms with Gasteiger partial charge >= 0.3 is 13.4 Å². The Balaban J connectivity index is 1.65. The molecule has 31 heavy (non-hydrogen) atoms. The molecule has 2 aromatic carbocycles. The van der Waals surface area contributed by atoms with Crippen molar-refractivity contribution in [1.82, 2.24) is 5.32 Å². The molecule has 1 atom stereocenters. The van der Waals surface area contributed by atoms with E-state index < -0.39 is 25.5 Å². The molecule has 0 bridgehead atoms. The molecule has 0 aliphatic rings. The Labute approximate surface area is 179 Å². The standard InChI is InChI=1S/C21H23BN2O7/c1-2-29-21(26)23-16-7-5-6-14(10-16)11-19(25)24-20(31-22(27)28)12-15-13-30-18-9-4-3-8-17(15)18/h3-10,13,20,27-28H,2,11-12H2,1H3,(H,23,26)(H,24,25)/t20-/m1/s1. The van der Waals surface area contributed by atoms with Crippen LogP contribution in [0.4, 0.5) is 10.5 Å². The second-order valence-electron chi connectivity index (χ2n) is 6.70. The Morgan fingerprint density at radius 3 is 2.74 bits per heavy atom. The van der Waals surface area contributed by atoms with Crippen molar-refractivity contribution in [2.24, 2.45) is 0 Å². The number of anilines is 1. The molecule has 0 aliphatic heterocycles. The monoisotopic (exact) mass is 426 g/mol. The molecular formula is C21H23BN2O7. The van der Waals surface area contributed by atoms with Crippen LogP contribution in [-0.4, -0.2) is 42.2 Å². The summed E-state index contributed by atoms with van der Waals surface area (Å²) in [5, 5.41) is 24.5. The van der Waals surface area contributed by atoms with Crippen molar-refractivity contribution in [2.45, 2.75) is 26.0 Å². The van der Waals surface area contributed by atoms with Gasteiger partial charge in [0, 0.05) is 23.1 Å². The number of fused-ring (bicyclic) bond motifs is 1. The van der Waals surface area contributed by atoms with Crippen molar-refractivity contribution in [3.63, 3.8) is 0 Å². The zero-order chi connectivity index (χ0) is 22.2. The predicted octanol–water partition coefficient (Wildman–Crippen LogP) is 2.21. The molecule has 3 rings (SSSR count). The fourth-order valence-electron chi connectivity index (χ4n) is 3.13. The maximum absolute atomic E-state index is 12.5. The number of hydrogen-bond acceptors (Lipinski definition) is 7. The van der Waals surface area contributed by atoms with Crippen molar-refractivity contribution >= 4 is 36.0 Å². The van der Waals surface area contributed by atoms with Crippen molar-refractivity contribution < 1.29 is 33.4 Å². The van der Waals surface area contributed by atoms with E-state index in [-0.39, 0.29) is 19.4 Å². The Hall–Kier alpha value is -3.34. The van der Waals surface area contributed by atoms with Crippen LogP contribution in [0.3, 0.4) is 0 Å². The van der Waals surface area contributed by atoms with Crippen LogP contribution in [0, 0.1) is 0 Å². The highest BCUT2D eigenvalue weighted by Crippen LogP contribution is 2.22. The molecule has 1 aromatic heterocycles. The molecule has 1 heterocycles. The summed E-state index contributed by atoms with van der Waals surface area (Å²) in [7, 11) is -2.06. The molecule has 3 aromatic rings. The number of rotatable bonds is 9. The first-order valence-corrected chi connectivity index (χ1v) is 9.73. The van der Waals surface area contributed by atoms with E-state index >= 15 is 0 Å². The van der Waals surface area contributed by atoms with Crippen LogP contribution in [-0.2, 0) is 27.0 Å². The molecule has 162 valence electrons. The SMILES string of the molecule is CCOC(=O)Nc1cccc(CC(=O)N[C@@H](Cc2coc3ccccc23)OB(O)O)c1. The third-order valence-corrected chi connectivity index (χ3v) is 4.39. The Morgan fingerprint density at radius 2 is 1.97 bits per heavy atom. The molecule has 10 heteroatoms.